The van der Waals surface area contributed by atoms with Crippen LogP contribution in [0, 0.1) is 10.1 Å². The van der Waals surface area contributed by atoms with Gasteiger partial charge in [0, 0.05) is 11.6 Å². The molecular formula is C13H13N3O4. The minimum Gasteiger partial charge on any atom is -0.467 e. The Morgan fingerprint density at radius 1 is 1.45 bits per heavy atom. The van der Waals surface area contributed by atoms with E-state index in [0.29, 0.717) is 5.76 Å². The minimum atomic E-state index is -0.623. The molecule has 104 valence electrons. The normalized spacial score (nSPS) is 11.8. The molecule has 0 aliphatic heterocycles. The summed E-state index contributed by atoms with van der Waals surface area (Å²) in [5.74, 6) is 0.167. The molecule has 2 aromatic rings. The number of hydrogen-bond acceptors (Lipinski definition) is 5. The predicted octanol–water partition coefficient (Wildman–Crippen LogP) is 2.26. The zero-order valence-corrected chi connectivity index (χ0v) is 10.7. The van der Waals surface area contributed by atoms with Crippen molar-refractivity contribution in [3.8, 4) is 0 Å². The molecule has 1 heterocycles. The van der Waals surface area contributed by atoms with Crippen molar-refractivity contribution in [3.63, 3.8) is 0 Å². The lowest BCUT2D eigenvalue weighted by Gasteiger charge is -2.11. The summed E-state index contributed by atoms with van der Waals surface area (Å²) >= 11 is 0. The molecule has 1 atom stereocenters. The molecule has 1 amide bonds. The van der Waals surface area contributed by atoms with Gasteiger partial charge >= 0.3 is 0 Å². The number of benzene rings is 1. The molecule has 1 aromatic heterocycles. The van der Waals surface area contributed by atoms with Crippen molar-refractivity contribution >= 4 is 17.3 Å². The number of nitrogen functional groups attached to an aromatic ring is 1. The fraction of sp³-hybridized carbons (Fsp3) is 0.154. The predicted molar refractivity (Wildman–Crippen MR) is 72.1 cm³/mol. The Labute approximate surface area is 114 Å². The number of anilines is 1. The van der Waals surface area contributed by atoms with Crippen molar-refractivity contribution < 1.29 is 14.1 Å². The zero-order valence-electron chi connectivity index (χ0n) is 10.7. The number of nitro groups is 1. The van der Waals surface area contributed by atoms with E-state index in [0.717, 1.165) is 6.07 Å². The second-order valence-corrected chi connectivity index (χ2v) is 4.24. The minimum absolute atomic E-state index is 0.0191. The summed E-state index contributed by atoms with van der Waals surface area (Å²) in [7, 11) is 0. The van der Waals surface area contributed by atoms with Gasteiger partial charge in [-0.05, 0) is 31.2 Å². The third-order valence-electron chi connectivity index (χ3n) is 2.81. The van der Waals surface area contributed by atoms with Crippen LogP contribution in [0.3, 0.4) is 0 Å². The van der Waals surface area contributed by atoms with Crippen molar-refractivity contribution in [1.82, 2.24) is 5.32 Å². The second-order valence-electron chi connectivity index (χ2n) is 4.24. The van der Waals surface area contributed by atoms with E-state index in [1.54, 1.807) is 19.1 Å². The van der Waals surface area contributed by atoms with Crippen molar-refractivity contribution in [1.29, 1.82) is 0 Å². The number of furan rings is 1. The highest BCUT2D eigenvalue weighted by atomic mass is 16.6. The molecule has 0 radical (unpaired) electrons. The first-order chi connectivity index (χ1) is 9.49. The van der Waals surface area contributed by atoms with Gasteiger partial charge in [-0.1, -0.05) is 0 Å². The number of hydrogen-bond donors (Lipinski definition) is 2. The molecule has 20 heavy (non-hydrogen) atoms. The van der Waals surface area contributed by atoms with Crippen LogP contribution in [0.2, 0.25) is 0 Å². The summed E-state index contributed by atoms with van der Waals surface area (Å²) < 4.78 is 5.17. The van der Waals surface area contributed by atoms with Gasteiger partial charge in [-0.2, -0.15) is 0 Å². The van der Waals surface area contributed by atoms with Gasteiger partial charge in [0.05, 0.1) is 17.2 Å². The molecule has 0 aliphatic carbocycles. The lowest BCUT2D eigenvalue weighted by Crippen LogP contribution is -2.26. The Morgan fingerprint density at radius 2 is 2.20 bits per heavy atom. The molecule has 1 unspecified atom stereocenters. The topological polar surface area (TPSA) is 111 Å². The zero-order chi connectivity index (χ0) is 14.7. The molecule has 0 saturated carbocycles. The number of nitrogens with two attached hydrogens (primary N) is 1. The van der Waals surface area contributed by atoms with E-state index in [9.17, 15) is 14.9 Å². The van der Waals surface area contributed by atoms with Gasteiger partial charge in [0.2, 0.25) is 0 Å². The lowest BCUT2D eigenvalue weighted by molar-refractivity contribution is -0.383. The summed E-state index contributed by atoms with van der Waals surface area (Å²) in [6, 6.07) is 7.04. The Hall–Kier alpha value is -2.83. The first kappa shape index (κ1) is 13.6. The van der Waals surface area contributed by atoms with Crippen LogP contribution in [-0.4, -0.2) is 10.8 Å². The molecule has 0 aliphatic rings. The fourth-order valence-electron chi connectivity index (χ4n) is 1.73. The van der Waals surface area contributed by atoms with Crippen molar-refractivity contribution in [2.75, 3.05) is 5.73 Å². The van der Waals surface area contributed by atoms with Crippen molar-refractivity contribution in [3.05, 3.63) is 58.0 Å². The van der Waals surface area contributed by atoms with Crippen molar-refractivity contribution in [2.45, 2.75) is 13.0 Å². The number of rotatable bonds is 4. The van der Waals surface area contributed by atoms with E-state index in [2.05, 4.69) is 5.32 Å². The van der Waals surface area contributed by atoms with E-state index < -0.39 is 10.8 Å². The highest BCUT2D eigenvalue weighted by Crippen LogP contribution is 2.22. The number of nitro benzene ring substituents is 1. The number of amides is 1. The standard InChI is InChI=1S/C13H13N3O4/c1-8(12-3-2-6-20-12)15-13(17)9-4-5-10(14)11(7-9)16(18)19/h2-8H,14H2,1H3,(H,15,17). The molecule has 0 spiro atoms. The molecule has 1 aromatic carbocycles. The van der Waals surface area contributed by atoms with Crippen LogP contribution in [-0.2, 0) is 0 Å². The molecule has 7 heteroatoms. The summed E-state index contributed by atoms with van der Waals surface area (Å²) in [5.41, 5.74) is 5.38. The summed E-state index contributed by atoms with van der Waals surface area (Å²) in [6.45, 7) is 1.75. The summed E-state index contributed by atoms with van der Waals surface area (Å²) in [5, 5.41) is 13.5. The maximum absolute atomic E-state index is 12.0. The number of nitrogens with zero attached hydrogens (tertiary/aromatic N) is 1. The van der Waals surface area contributed by atoms with E-state index in [1.165, 1.54) is 18.4 Å². The van der Waals surface area contributed by atoms with Crippen LogP contribution in [0.1, 0.15) is 29.1 Å². The number of carbonyl (C=O) groups is 1. The first-order valence-electron chi connectivity index (χ1n) is 5.87. The summed E-state index contributed by atoms with van der Waals surface area (Å²) in [4.78, 5) is 22.2. The molecule has 0 fully saturated rings. The molecule has 3 N–H and O–H groups in total. The van der Waals surface area contributed by atoms with Gasteiger partial charge in [-0.15, -0.1) is 0 Å². The van der Waals surface area contributed by atoms with E-state index in [-0.39, 0.29) is 23.0 Å². The largest absolute Gasteiger partial charge is 0.467 e. The van der Waals surface area contributed by atoms with Gasteiger partial charge in [-0.25, -0.2) is 0 Å². The van der Waals surface area contributed by atoms with Crippen LogP contribution in [0.15, 0.2) is 41.0 Å². The second kappa shape index (κ2) is 5.43. The molecule has 7 nitrogen and oxygen atoms in total. The van der Waals surface area contributed by atoms with Crippen LogP contribution in [0.25, 0.3) is 0 Å². The van der Waals surface area contributed by atoms with Gasteiger partial charge < -0.3 is 15.5 Å². The smallest absolute Gasteiger partial charge is 0.292 e. The average Bonchev–Trinajstić information content (AvgIpc) is 2.92. The van der Waals surface area contributed by atoms with Gasteiger partial charge in [0.25, 0.3) is 11.6 Å². The van der Waals surface area contributed by atoms with Crippen molar-refractivity contribution in [2.24, 2.45) is 0 Å². The van der Waals surface area contributed by atoms with Crippen LogP contribution >= 0.6 is 0 Å². The van der Waals surface area contributed by atoms with E-state index >= 15 is 0 Å². The molecular weight excluding hydrogens is 262 g/mol. The molecule has 2 rings (SSSR count). The monoisotopic (exact) mass is 275 g/mol. The highest BCUT2D eigenvalue weighted by Gasteiger charge is 2.18. The number of nitrogens with one attached hydrogen (secondary N) is 1. The third-order valence-corrected chi connectivity index (χ3v) is 2.81. The van der Waals surface area contributed by atoms with Crippen LogP contribution < -0.4 is 11.1 Å². The third kappa shape index (κ3) is 2.77. The number of carbonyl (C=O) groups excluding carboxylic acids is 1. The Kier molecular flexibility index (Phi) is 3.69. The Morgan fingerprint density at radius 3 is 2.80 bits per heavy atom. The van der Waals surface area contributed by atoms with E-state index in [1.807, 2.05) is 0 Å². The fourth-order valence-corrected chi connectivity index (χ4v) is 1.73. The summed E-state index contributed by atoms with van der Waals surface area (Å²) in [6.07, 6.45) is 1.51. The quantitative estimate of drug-likeness (QED) is 0.505. The van der Waals surface area contributed by atoms with Crippen LogP contribution in [0.5, 0.6) is 0 Å². The maximum Gasteiger partial charge on any atom is 0.292 e. The van der Waals surface area contributed by atoms with Gasteiger partial charge in [0.1, 0.15) is 11.4 Å². The maximum atomic E-state index is 12.0. The lowest BCUT2D eigenvalue weighted by atomic mass is 10.1. The van der Waals surface area contributed by atoms with Gasteiger partial charge in [-0.3, -0.25) is 14.9 Å². The van der Waals surface area contributed by atoms with Gasteiger partial charge in [0.15, 0.2) is 0 Å². The highest BCUT2D eigenvalue weighted by molar-refractivity contribution is 5.95. The molecule has 0 bridgehead atoms. The average molecular weight is 275 g/mol. The SMILES string of the molecule is CC(NC(=O)c1ccc(N)c([N+](=O)[O-])c1)c1ccco1. The Balaban J connectivity index is 2.17. The van der Waals surface area contributed by atoms with E-state index in [4.69, 9.17) is 10.2 Å². The Bertz CT molecular complexity index is 637. The molecule has 0 saturated heterocycles. The van der Waals surface area contributed by atoms with Crippen LogP contribution in [0.4, 0.5) is 11.4 Å². The first-order valence-corrected chi connectivity index (χ1v) is 5.87.